The van der Waals surface area contributed by atoms with Crippen molar-refractivity contribution in [2.45, 2.75) is 17.9 Å². The molecule has 14 heteroatoms. The van der Waals surface area contributed by atoms with E-state index in [1.54, 1.807) is 0 Å². The van der Waals surface area contributed by atoms with Gasteiger partial charge in [-0.3, -0.25) is 14.5 Å². The van der Waals surface area contributed by atoms with Gasteiger partial charge in [0.25, 0.3) is 11.8 Å². The van der Waals surface area contributed by atoms with Crippen molar-refractivity contribution in [3.05, 3.63) is 42.1 Å². The van der Waals surface area contributed by atoms with Crippen molar-refractivity contribution in [3.63, 3.8) is 0 Å². The minimum Gasteiger partial charge on any atom is -0.393 e. The molecular formula is C20H18F3N5O6. The van der Waals surface area contributed by atoms with Gasteiger partial charge in [0, 0.05) is 11.8 Å². The Balaban J connectivity index is 1.59. The molecule has 1 saturated heterocycles. The number of nitrogens with one attached hydrogen (secondary N) is 1. The Morgan fingerprint density at radius 3 is 2.79 bits per heavy atom. The number of pyridine rings is 1. The van der Waals surface area contributed by atoms with Crippen LogP contribution in [0.1, 0.15) is 5.69 Å². The molecule has 0 spiro atoms. The molecule has 1 aromatic carbocycles. The Bertz CT molecular complexity index is 1250. The Kier molecular flexibility index (Phi) is 5.89. The highest BCUT2D eigenvalue weighted by Crippen LogP contribution is 2.32. The molecule has 4 rings (SSSR count). The average molecular weight is 481 g/mol. The summed E-state index contributed by atoms with van der Waals surface area (Å²) in [6.45, 7) is -1.64. The maximum atomic E-state index is 13.2. The molecule has 2 amide bonds. The van der Waals surface area contributed by atoms with Crippen LogP contribution in [0.2, 0.25) is 0 Å². The third-order valence-electron chi connectivity index (χ3n) is 5.28. The molecule has 1 fully saturated rings. The number of amides is 2. The number of halogens is 3. The number of nitrogens with zero attached hydrogens (tertiary/aromatic N) is 3. The number of aromatic nitrogens is 2. The number of rotatable bonds is 5. The Morgan fingerprint density at radius 2 is 2.09 bits per heavy atom. The average Bonchev–Trinajstić information content (AvgIpc) is 3.18. The normalized spacial score (nSPS) is 19.9. The number of alkyl halides is 3. The quantitative estimate of drug-likeness (QED) is 0.415. The molecule has 2 atom stereocenters. The van der Waals surface area contributed by atoms with Crippen molar-refractivity contribution in [2.75, 3.05) is 35.7 Å². The lowest BCUT2D eigenvalue weighted by Crippen LogP contribution is -2.67. The largest absolute Gasteiger partial charge is 0.433 e. The minimum absolute atomic E-state index is 0.136. The number of nitrogens with two attached hydrogens (primary N) is 1. The van der Waals surface area contributed by atoms with Crippen LogP contribution in [-0.2, 0) is 20.5 Å². The third kappa shape index (κ3) is 4.02. The molecular weight excluding hydrogens is 463 g/mol. The monoisotopic (exact) mass is 481 g/mol. The van der Waals surface area contributed by atoms with Crippen molar-refractivity contribution in [1.29, 1.82) is 0 Å². The molecule has 0 radical (unpaired) electrons. The number of aliphatic hydroxyl groups excluding tert-OH is 2. The molecule has 34 heavy (non-hydrogen) atoms. The van der Waals surface area contributed by atoms with Crippen molar-refractivity contribution in [1.82, 2.24) is 10.1 Å². The summed E-state index contributed by atoms with van der Waals surface area (Å²) < 4.78 is 49.5. The van der Waals surface area contributed by atoms with E-state index in [-0.39, 0.29) is 36.1 Å². The van der Waals surface area contributed by atoms with Crippen LogP contribution in [0.4, 0.5) is 30.5 Å². The number of hydrogen-bond acceptors (Lipinski definition) is 9. The fourth-order valence-electron chi connectivity index (χ4n) is 3.51. The number of nitrogen functional groups attached to an aromatic ring is 1. The number of benzene rings is 1. The van der Waals surface area contributed by atoms with Gasteiger partial charge < -0.3 is 30.5 Å². The van der Waals surface area contributed by atoms with Gasteiger partial charge in [0.05, 0.1) is 25.1 Å². The topological polar surface area (TPSA) is 164 Å². The number of morpholine rings is 1. The number of fused-ring (bicyclic) bond motifs is 1. The first-order valence-electron chi connectivity index (χ1n) is 9.82. The first kappa shape index (κ1) is 23.4. The van der Waals surface area contributed by atoms with Crippen LogP contribution in [0.5, 0.6) is 0 Å². The molecule has 180 valence electrons. The van der Waals surface area contributed by atoms with Gasteiger partial charge in [0.2, 0.25) is 5.60 Å². The Labute approximate surface area is 188 Å². The van der Waals surface area contributed by atoms with Crippen LogP contribution in [0.15, 0.2) is 40.9 Å². The second kappa shape index (κ2) is 8.55. The van der Waals surface area contributed by atoms with Crippen molar-refractivity contribution < 1.29 is 42.2 Å². The lowest BCUT2D eigenvalue weighted by atomic mass is 9.93. The van der Waals surface area contributed by atoms with E-state index in [1.165, 1.54) is 18.2 Å². The van der Waals surface area contributed by atoms with E-state index in [2.05, 4.69) is 15.5 Å². The fraction of sp³-hybridized carbons (Fsp3) is 0.300. The van der Waals surface area contributed by atoms with E-state index in [1.807, 2.05) is 0 Å². The molecule has 0 aliphatic carbocycles. The molecule has 0 saturated carbocycles. The Morgan fingerprint density at radius 1 is 1.32 bits per heavy atom. The van der Waals surface area contributed by atoms with Crippen LogP contribution in [0.25, 0.3) is 11.0 Å². The standard InChI is InChI=1S/C20H18F3N5O6/c21-20(22,23)13-2-1-3-14(26-13)28-6-7-33-19(9-29,18(28)32)15(30)17(31)25-10-4-5-11-12(8-10)34-27-16(11)24/h1-5,8,15,29-30H,6-7,9H2,(H2,24,27)(H,25,31)/t15?,19-/m1/s1. The molecule has 3 heterocycles. The summed E-state index contributed by atoms with van der Waals surface area (Å²) >= 11 is 0. The van der Waals surface area contributed by atoms with E-state index < -0.39 is 42.0 Å². The highest BCUT2D eigenvalue weighted by Gasteiger charge is 2.54. The third-order valence-corrected chi connectivity index (χ3v) is 5.28. The van der Waals surface area contributed by atoms with Crippen LogP contribution >= 0.6 is 0 Å². The fourth-order valence-corrected chi connectivity index (χ4v) is 3.51. The Hall–Kier alpha value is -3.75. The number of anilines is 3. The van der Waals surface area contributed by atoms with E-state index in [0.29, 0.717) is 5.39 Å². The second-order valence-electron chi connectivity index (χ2n) is 7.40. The smallest absolute Gasteiger partial charge is 0.393 e. The molecule has 11 nitrogen and oxygen atoms in total. The predicted octanol–water partition coefficient (Wildman–Crippen LogP) is 0.918. The van der Waals surface area contributed by atoms with Gasteiger partial charge in [-0.15, -0.1) is 0 Å². The lowest BCUT2D eigenvalue weighted by Gasteiger charge is -2.41. The highest BCUT2D eigenvalue weighted by atomic mass is 19.4. The SMILES string of the molecule is Nc1noc2cc(NC(=O)C(O)[C@@]3(CO)OCCN(c4cccc(C(F)(F)F)n4)C3=O)ccc12. The van der Waals surface area contributed by atoms with Gasteiger partial charge in [-0.2, -0.15) is 13.2 Å². The molecule has 1 unspecified atom stereocenters. The maximum absolute atomic E-state index is 13.2. The number of aliphatic hydroxyl groups is 2. The van der Waals surface area contributed by atoms with Crippen LogP contribution < -0.4 is 16.0 Å². The molecule has 1 aliphatic rings. The maximum Gasteiger partial charge on any atom is 0.433 e. The number of ether oxygens (including phenoxy) is 1. The number of carbonyl (C=O) groups is 2. The van der Waals surface area contributed by atoms with Gasteiger partial charge in [-0.1, -0.05) is 11.2 Å². The van der Waals surface area contributed by atoms with Gasteiger partial charge in [0.1, 0.15) is 11.5 Å². The first-order chi connectivity index (χ1) is 16.1. The van der Waals surface area contributed by atoms with Crippen molar-refractivity contribution in [3.8, 4) is 0 Å². The summed E-state index contributed by atoms with van der Waals surface area (Å²) in [5.74, 6) is -2.49. The van der Waals surface area contributed by atoms with Gasteiger partial charge in [-0.05, 0) is 24.3 Å². The number of hydrogen-bond donors (Lipinski definition) is 4. The molecule has 5 N–H and O–H groups in total. The van der Waals surface area contributed by atoms with Crippen LogP contribution in [-0.4, -0.2) is 63.6 Å². The molecule has 2 aromatic heterocycles. The van der Waals surface area contributed by atoms with E-state index in [9.17, 15) is 33.0 Å². The molecule has 3 aromatic rings. The summed E-state index contributed by atoms with van der Waals surface area (Å²) in [6.07, 6.45) is -6.98. The van der Waals surface area contributed by atoms with Gasteiger partial charge >= 0.3 is 6.18 Å². The van der Waals surface area contributed by atoms with E-state index in [0.717, 1.165) is 23.1 Å². The molecule has 0 bridgehead atoms. The molecule has 1 aliphatic heterocycles. The summed E-state index contributed by atoms with van der Waals surface area (Å²) in [7, 11) is 0. The van der Waals surface area contributed by atoms with Gasteiger partial charge in [-0.25, -0.2) is 4.98 Å². The second-order valence-corrected chi connectivity index (χ2v) is 7.40. The van der Waals surface area contributed by atoms with Gasteiger partial charge in [0.15, 0.2) is 17.5 Å². The van der Waals surface area contributed by atoms with Crippen molar-refractivity contribution >= 4 is 40.1 Å². The number of carbonyl (C=O) groups excluding carboxylic acids is 2. The highest BCUT2D eigenvalue weighted by molar-refractivity contribution is 6.06. The minimum atomic E-state index is -4.76. The van der Waals surface area contributed by atoms with Crippen molar-refractivity contribution in [2.24, 2.45) is 0 Å². The first-order valence-corrected chi connectivity index (χ1v) is 9.82. The van der Waals surface area contributed by atoms with E-state index >= 15 is 0 Å². The zero-order valence-corrected chi connectivity index (χ0v) is 17.2. The summed E-state index contributed by atoms with van der Waals surface area (Å²) in [6, 6.07) is 7.27. The predicted molar refractivity (Wildman–Crippen MR) is 110 cm³/mol. The zero-order chi connectivity index (χ0) is 24.7. The van der Waals surface area contributed by atoms with Crippen LogP contribution in [0.3, 0.4) is 0 Å². The van der Waals surface area contributed by atoms with E-state index in [4.69, 9.17) is 15.0 Å². The van der Waals surface area contributed by atoms with Crippen LogP contribution in [0, 0.1) is 0 Å². The summed E-state index contributed by atoms with van der Waals surface area (Å²) in [5, 5.41) is 27.1. The summed E-state index contributed by atoms with van der Waals surface area (Å²) in [4.78, 5) is 30.2. The lowest BCUT2D eigenvalue weighted by molar-refractivity contribution is -0.182. The zero-order valence-electron chi connectivity index (χ0n) is 17.2. The summed E-state index contributed by atoms with van der Waals surface area (Å²) in [5.41, 5.74) is 2.32.